The summed E-state index contributed by atoms with van der Waals surface area (Å²) in [6.07, 6.45) is 10.8. The maximum absolute atomic E-state index is 14.4. The molecule has 1 amide bonds. The quantitative estimate of drug-likeness (QED) is 0.0424. The molecule has 3 aromatic carbocycles. The number of non-ortho nitro benzene ring substituents is 2. The van der Waals surface area contributed by atoms with Gasteiger partial charge in [0.25, 0.3) is 11.4 Å². The number of aliphatic hydroxyl groups excluding tert-OH is 2. The maximum Gasteiger partial charge on any atom is 0.273 e. The van der Waals surface area contributed by atoms with Gasteiger partial charge in [-0.3, -0.25) is 25.0 Å². The van der Waals surface area contributed by atoms with Crippen LogP contribution in [0, 0.1) is 43.9 Å². The summed E-state index contributed by atoms with van der Waals surface area (Å²) in [4.78, 5) is 44.5. The standard InChI is InChI=1S/C47H56N4O11/c1-3-22-49(46(54)32-16-17-32)43-29-41(48-60-30-31-14-18-34(19-15-31)50(55)56)39-26-33(10-5-7-23-52)38(13-6-8-24-53)44-40-28-37(61-36-12-9-11-35(27-36)51(57)58)20-21-42(40)62-47(43,45(39)44)59-25-4-2/h4,9,11-12,14-15,18-21,26-28,32-33,38,43-45,52-53H,2-3,5-8,10,13,16-17,22-25,29-30H2,1H3/t33-,38+,43-,44+,45+,47+/m0/s1. The first kappa shape index (κ1) is 44.4. The number of amides is 1. The van der Waals surface area contributed by atoms with Gasteiger partial charge < -0.3 is 34.2 Å². The summed E-state index contributed by atoms with van der Waals surface area (Å²) in [5, 5.41) is 47.6. The summed E-state index contributed by atoms with van der Waals surface area (Å²) in [6.45, 7) is 6.79. The molecule has 0 saturated heterocycles. The van der Waals surface area contributed by atoms with Crippen molar-refractivity contribution in [2.45, 2.75) is 95.5 Å². The summed E-state index contributed by atoms with van der Waals surface area (Å²) in [5.74, 6) is -0.964. The third-order valence-corrected chi connectivity index (χ3v) is 12.5. The van der Waals surface area contributed by atoms with Gasteiger partial charge in [0.15, 0.2) is 0 Å². The smallest absolute Gasteiger partial charge is 0.273 e. The zero-order valence-corrected chi connectivity index (χ0v) is 35.1. The molecule has 15 heteroatoms. The Bertz CT molecular complexity index is 2160. The molecule has 2 fully saturated rings. The van der Waals surface area contributed by atoms with Gasteiger partial charge in [0.05, 0.1) is 34.1 Å². The fraction of sp³-hybridized carbons (Fsp3) is 0.489. The molecule has 0 aromatic heterocycles. The number of oxime groups is 1. The van der Waals surface area contributed by atoms with Crippen LogP contribution in [-0.4, -0.2) is 74.8 Å². The number of nitro benzene ring substituents is 2. The molecule has 0 bridgehead atoms. The van der Waals surface area contributed by atoms with E-state index in [9.17, 15) is 35.2 Å². The largest absolute Gasteiger partial charge is 0.459 e. The van der Waals surface area contributed by atoms with Gasteiger partial charge in [0.2, 0.25) is 11.7 Å². The van der Waals surface area contributed by atoms with E-state index >= 15 is 0 Å². The number of rotatable bonds is 22. The van der Waals surface area contributed by atoms with Crippen molar-refractivity contribution in [3.63, 3.8) is 0 Å². The van der Waals surface area contributed by atoms with Gasteiger partial charge in [0, 0.05) is 61.8 Å². The zero-order valence-electron chi connectivity index (χ0n) is 35.1. The number of hydrogen-bond donors (Lipinski definition) is 2. The second kappa shape index (κ2) is 20.0. The van der Waals surface area contributed by atoms with Crippen LogP contribution in [0.1, 0.15) is 88.2 Å². The lowest BCUT2D eigenvalue weighted by molar-refractivity contribution is -0.385. The molecular formula is C47H56N4O11. The van der Waals surface area contributed by atoms with Crippen molar-refractivity contribution in [1.29, 1.82) is 0 Å². The number of allylic oxidation sites excluding steroid dienone is 1. The fourth-order valence-electron chi connectivity index (χ4n) is 9.63. The first-order valence-corrected chi connectivity index (χ1v) is 21.8. The lowest BCUT2D eigenvalue weighted by Gasteiger charge is -2.60. The Morgan fingerprint density at radius 2 is 1.69 bits per heavy atom. The van der Waals surface area contributed by atoms with E-state index in [2.05, 4.69) is 12.7 Å². The first-order chi connectivity index (χ1) is 30.1. The predicted octanol–water partition coefficient (Wildman–Crippen LogP) is 8.78. The van der Waals surface area contributed by atoms with Gasteiger partial charge >= 0.3 is 0 Å². The van der Waals surface area contributed by atoms with Gasteiger partial charge in [-0.25, -0.2) is 0 Å². The molecular weight excluding hydrogens is 797 g/mol. The van der Waals surface area contributed by atoms with E-state index < -0.39 is 27.6 Å². The topological polar surface area (TPSA) is 196 Å². The molecule has 3 aromatic rings. The molecule has 1 aliphatic heterocycles. The van der Waals surface area contributed by atoms with E-state index in [1.54, 1.807) is 36.4 Å². The predicted molar refractivity (Wildman–Crippen MR) is 231 cm³/mol. The summed E-state index contributed by atoms with van der Waals surface area (Å²) < 4.78 is 20.6. The average Bonchev–Trinajstić information content (AvgIpc) is 4.13. The number of carbonyl (C=O) groups excluding carboxylic acids is 1. The number of hydrogen-bond acceptors (Lipinski definition) is 12. The Kier molecular flexibility index (Phi) is 14.4. The SMILES string of the molecule is C=CCO[C@@]12Oc3ccc(Oc4cccc([N+](=O)[O-])c4)cc3[C@H]3[C@H](CCCCO)[C@@H](CCCCO)C=C(C(=NOCc4ccc([N+](=O)[O-])cc4)C[C@@H]1N(CCC)C(=O)C1CC1)[C@H]32. The molecule has 3 aliphatic carbocycles. The minimum Gasteiger partial charge on any atom is -0.459 e. The summed E-state index contributed by atoms with van der Waals surface area (Å²) in [5.41, 5.74) is 2.93. The molecule has 62 heavy (non-hydrogen) atoms. The monoisotopic (exact) mass is 852 g/mol. The third-order valence-electron chi connectivity index (χ3n) is 12.5. The number of nitro groups is 2. The van der Waals surface area contributed by atoms with Crippen LogP contribution in [0.4, 0.5) is 11.4 Å². The van der Waals surface area contributed by atoms with Crippen molar-refractivity contribution in [2.75, 3.05) is 26.4 Å². The molecule has 0 radical (unpaired) electrons. The molecule has 7 rings (SSSR count). The van der Waals surface area contributed by atoms with Gasteiger partial charge in [0.1, 0.15) is 29.9 Å². The molecule has 2 N–H and O–H groups in total. The highest BCUT2D eigenvalue weighted by atomic mass is 16.7. The highest BCUT2D eigenvalue weighted by molar-refractivity contribution is 6.03. The number of benzene rings is 3. The Labute approximate surface area is 361 Å². The minimum absolute atomic E-state index is 0.00263. The summed E-state index contributed by atoms with van der Waals surface area (Å²) >= 11 is 0. The van der Waals surface area contributed by atoms with Crippen molar-refractivity contribution in [2.24, 2.45) is 28.8 Å². The molecule has 0 unspecified atom stereocenters. The number of unbranched alkanes of at least 4 members (excludes halogenated alkanes) is 2. The van der Waals surface area contributed by atoms with Gasteiger partial charge in [-0.05, 0) is 104 Å². The molecule has 330 valence electrons. The number of carbonyl (C=O) groups is 1. The van der Waals surface area contributed by atoms with E-state index in [0.29, 0.717) is 54.3 Å². The van der Waals surface area contributed by atoms with E-state index in [1.165, 1.54) is 24.3 Å². The summed E-state index contributed by atoms with van der Waals surface area (Å²) in [7, 11) is 0. The van der Waals surface area contributed by atoms with Gasteiger partial charge in [-0.15, -0.1) is 6.58 Å². The number of ether oxygens (including phenoxy) is 3. The fourth-order valence-corrected chi connectivity index (χ4v) is 9.63. The summed E-state index contributed by atoms with van der Waals surface area (Å²) in [6, 6.07) is 17.1. The van der Waals surface area contributed by atoms with Gasteiger partial charge in [-0.1, -0.05) is 43.1 Å². The molecule has 15 nitrogen and oxygen atoms in total. The van der Waals surface area contributed by atoms with Crippen LogP contribution in [0.2, 0.25) is 0 Å². The molecule has 2 saturated carbocycles. The highest BCUT2D eigenvalue weighted by Gasteiger charge is 2.65. The van der Waals surface area contributed by atoms with Crippen LogP contribution in [0.15, 0.2) is 96.2 Å². The van der Waals surface area contributed by atoms with E-state index in [4.69, 9.17) is 24.2 Å². The van der Waals surface area contributed by atoms with Crippen molar-refractivity contribution in [3.05, 3.63) is 122 Å². The van der Waals surface area contributed by atoms with Crippen LogP contribution in [0.5, 0.6) is 17.2 Å². The Morgan fingerprint density at radius 3 is 2.37 bits per heavy atom. The van der Waals surface area contributed by atoms with Gasteiger partial charge in [-0.2, -0.15) is 0 Å². The Morgan fingerprint density at radius 1 is 0.968 bits per heavy atom. The lowest BCUT2D eigenvalue weighted by Crippen LogP contribution is -2.70. The second-order valence-electron chi connectivity index (χ2n) is 16.6. The maximum atomic E-state index is 14.4. The average molecular weight is 853 g/mol. The molecule has 0 spiro atoms. The van der Waals surface area contributed by atoms with Crippen molar-refractivity contribution in [3.8, 4) is 17.2 Å². The Hall–Kier alpha value is -5.64. The molecule has 6 atom stereocenters. The minimum atomic E-state index is -1.40. The van der Waals surface area contributed by atoms with Crippen LogP contribution in [0.3, 0.4) is 0 Å². The molecule has 1 heterocycles. The number of fused-ring (bicyclic) bond motifs is 2. The van der Waals surface area contributed by atoms with Crippen LogP contribution < -0.4 is 9.47 Å². The van der Waals surface area contributed by atoms with E-state index in [-0.39, 0.29) is 73.8 Å². The van der Waals surface area contributed by atoms with Crippen molar-refractivity contribution < 1.29 is 43.9 Å². The lowest BCUT2D eigenvalue weighted by atomic mass is 9.55. The Balaban J connectivity index is 1.41. The first-order valence-electron chi connectivity index (χ1n) is 21.8. The molecule has 4 aliphatic rings. The van der Waals surface area contributed by atoms with Crippen molar-refractivity contribution >= 4 is 23.0 Å². The second-order valence-corrected chi connectivity index (χ2v) is 16.6. The number of nitrogens with zero attached hydrogens (tertiary/aromatic N) is 4. The third kappa shape index (κ3) is 9.54. The zero-order chi connectivity index (χ0) is 43.8. The normalized spacial score (nSPS) is 24.2. The van der Waals surface area contributed by atoms with Crippen LogP contribution in [-0.2, 0) is 21.0 Å². The van der Waals surface area contributed by atoms with E-state index in [0.717, 1.165) is 49.7 Å². The number of aliphatic hydroxyl groups is 2. The highest BCUT2D eigenvalue weighted by Crippen LogP contribution is 2.62. The van der Waals surface area contributed by atoms with E-state index in [1.807, 2.05) is 24.0 Å². The van der Waals surface area contributed by atoms with Crippen LogP contribution >= 0.6 is 0 Å². The van der Waals surface area contributed by atoms with Crippen LogP contribution in [0.25, 0.3) is 0 Å². The van der Waals surface area contributed by atoms with Crippen molar-refractivity contribution in [1.82, 2.24) is 4.90 Å².